The third-order valence-electron chi connectivity index (χ3n) is 3.31. The Morgan fingerprint density at radius 1 is 1.44 bits per heavy atom. The third-order valence-corrected chi connectivity index (χ3v) is 3.53. The fourth-order valence-corrected chi connectivity index (χ4v) is 2.61. The van der Waals surface area contributed by atoms with Crippen LogP contribution in [0.3, 0.4) is 0 Å². The number of aryl methyl sites for hydroxylation is 1. The fourth-order valence-electron chi connectivity index (χ4n) is 2.44. The number of hydrogen-bond acceptors (Lipinski definition) is 3. The zero-order chi connectivity index (χ0) is 13.3. The van der Waals surface area contributed by atoms with Crippen LogP contribution in [-0.2, 0) is 4.79 Å². The summed E-state index contributed by atoms with van der Waals surface area (Å²) in [6, 6.07) is 5.63. The zero-order valence-corrected chi connectivity index (χ0v) is 11.2. The highest BCUT2D eigenvalue weighted by Gasteiger charge is 2.30. The first-order valence-corrected chi connectivity index (χ1v) is 6.38. The average molecular weight is 263 g/mol. The van der Waals surface area contributed by atoms with Crippen LogP contribution in [0.4, 0.5) is 5.69 Å². The van der Waals surface area contributed by atoms with Crippen LogP contribution in [0.1, 0.15) is 24.0 Å². The van der Waals surface area contributed by atoms with Gasteiger partial charge in [0.2, 0.25) is 5.91 Å². The molecule has 0 saturated carbocycles. The van der Waals surface area contributed by atoms with Gasteiger partial charge in [0.15, 0.2) is 0 Å². The number of anilines is 1. The quantitative estimate of drug-likeness (QED) is 0.801. The monoisotopic (exact) mass is 263 g/mol. The van der Waals surface area contributed by atoms with Crippen molar-refractivity contribution in [2.75, 3.05) is 11.4 Å². The highest BCUT2D eigenvalue weighted by atomic mass is 32.1. The Morgan fingerprint density at radius 2 is 2.17 bits per heavy atom. The predicted molar refractivity (Wildman–Crippen MR) is 76.6 cm³/mol. The summed E-state index contributed by atoms with van der Waals surface area (Å²) < 4.78 is 0. The van der Waals surface area contributed by atoms with Gasteiger partial charge in [0.05, 0.1) is 0 Å². The van der Waals surface area contributed by atoms with Gasteiger partial charge in [0.25, 0.3) is 0 Å². The molecule has 0 aromatic heterocycles. The van der Waals surface area contributed by atoms with E-state index in [1.165, 1.54) is 0 Å². The lowest BCUT2D eigenvalue weighted by molar-refractivity contribution is -0.119. The Bertz CT molecular complexity index is 501. The molecule has 4 N–H and O–H groups in total. The number of amides is 1. The molecule has 1 atom stereocenters. The van der Waals surface area contributed by atoms with Crippen LogP contribution in [0.5, 0.6) is 0 Å². The van der Waals surface area contributed by atoms with Gasteiger partial charge in [0.1, 0.15) is 11.0 Å². The molecule has 1 fully saturated rings. The highest BCUT2D eigenvalue weighted by molar-refractivity contribution is 7.80. The second-order valence-electron chi connectivity index (χ2n) is 4.64. The molecule has 1 heterocycles. The number of carbonyl (C=O) groups is 1. The molecule has 0 bridgehead atoms. The fraction of sp³-hybridized carbons (Fsp3) is 0.385. The summed E-state index contributed by atoms with van der Waals surface area (Å²) in [5, 5.41) is 0. The first kappa shape index (κ1) is 12.8. The largest absolute Gasteiger partial charge is 0.389 e. The second-order valence-corrected chi connectivity index (χ2v) is 5.08. The van der Waals surface area contributed by atoms with Gasteiger partial charge < -0.3 is 16.4 Å². The topological polar surface area (TPSA) is 72.3 Å². The van der Waals surface area contributed by atoms with Crippen molar-refractivity contribution in [2.45, 2.75) is 25.8 Å². The van der Waals surface area contributed by atoms with E-state index in [1.807, 2.05) is 30.0 Å². The summed E-state index contributed by atoms with van der Waals surface area (Å²) in [7, 11) is 0. The molecule has 5 heteroatoms. The standard InChI is InChI=1S/C13H17N3OS/c1-8-4-5-9(13(15)18)11(7-8)16-6-2-3-10(16)12(14)17/h4-5,7,10H,2-3,6H2,1H3,(H2,14,17)(H2,15,18). The molecule has 1 aliphatic rings. The van der Waals surface area contributed by atoms with Crippen molar-refractivity contribution in [2.24, 2.45) is 11.5 Å². The molecule has 0 radical (unpaired) electrons. The van der Waals surface area contributed by atoms with Gasteiger partial charge in [-0.1, -0.05) is 18.3 Å². The lowest BCUT2D eigenvalue weighted by Gasteiger charge is -2.27. The van der Waals surface area contributed by atoms with Crippen molar-refractivity contribution in [3.8, 4) is 0 Å². The number of rotatable bonds is 3. The lowest BCUT2D eigenvalue weighted by Crippen LogP contribution is -2.41. The Morgan fingerprint density at radius 3 is 2.78 bits per heavy atom. The Labute approximate surface area is 112 Å². The van der Waals surface area contributed by atoms with E-state index in [4.69, 9.17) is 23.7 Å². The van der Waals surface area contributed by atoms with E-state index >= 15 is 0 Å². The highest BCUT2D eigenvalue weighted by Crippen LogP contribution is 2.29. The Balaban J connectivity index is 2.46. The minimum absolute atomic E-state index is 0.250. The molecule has 1 unspecified atom stereocenters. The average Bonchev–Trinajstić information content (AvgIpc) is 2.77. The number of nitrogens with two attached hydrogens (primary N) is 2. The normalized spacial score (nSPS) is 18.9. The van der Waals surface area contributed by atoms with Gasteiger partial charge in [-0.3, -0.25) is 4.79 Å². The number of nitrogens with zero attached hydrogens (tertiary/aromatic N) is 1. The van der Waals surface area contributed by atoms with Crippen LogP contribution in [0.2, 0.25) is 0 Å². The van der Waals surface area contributed by atoms with Gasteiger partial charge in [-0.05, 0) is 37.5 Å². The first-order valence-electron chi connectivity index (χ1n) is 5.97. The summed E-state index contributed by atoms with van der Waals surface area (Å²) in [4.78, 5) is 13.8. The molecule has 1 aliphatic heterocycles. The number of benzene rings is 1. The van der Waals surface area contributed by atoms with Crippen LogP contribution in [0.25, 0.3) is 0 Å². The maximum Gasteiger partial charge on any atom is 0.240 e. The SMILES string of the molecule is Cc1ccc(C(N)=S)c(N2CCCC2C(N)=O)c1. The van der Waals surface area contributed by atoms with E-state index in [1.54, 1.807) is 0 Å². The Hall–Kier alpha value is -1.62. The summed E-state index contributed by atoms with van der Waals surface area (Å²) in [6.07, 6.45) is 1.75. The second kappa shape index (κ2) is 4.94. The van der Waals surface area contributed by atoms with E-state index in [-0.39, 0.29) is 11.9 Å². The van der Waals surface area contributed by atoms with Gasteiger partial charge >= 0.3 is 0 Å². The van der Waals surface area contributed by atoms with E-state index in [9.17, 15) is 4.79 Å². The zero-order valence-electron chi connectivity index (χ0n) is 10.3. The number of thiocarbonyl (C=S) groups is 1. The van der Waals surface area contributed by atoms with Crippen LogP contribution in [0.15, 0.2) is 18.2 Å². The molecule has 0 spiro atoms. The van der Waals surface area contributed by atoms with Crippen LogP contribution < -0.4 is 16.4 Å². The number of primary amides is 1. The van der Waals surface area contributed by atoms with Crippen LogP contribution in [0, 0.1) is 6.92 Å². The van der Waals surface area contributed by atoms with Crippen molar-refractivity contribution in [1.82, 2.24) is 0 Å². The van der Waals surface area contributed by atoms with Crippen molar-refractivity contribution in [1.29, 1.82) is 0 Å². The van der Waals surface area contributed by atoms with E-state index in [2.05, 4.69) is 0 Å². The number of hydrogen-bond donors (Lipinski definition) is 2. The van der Waals surface area contributed by atoms with E-state index < -0.39 is 0 Å². The molecule has 18 heavy (non-hydrogen) atoms. The summed E-state index contributed by atoms with van der Waals surface area (Å²) in [5.41, 5.74) is 14.0. The smallest absolute Gasteiger partial charge is 0.240 e. The third kappa shape index (κ3) is 2.31. The van der Waals surface area contributed by atoms with Gasteiger partial charge in [0, 0.05) is 17.8 Å². The minimum Gasteiger partial charge on any atom is -0.389 e. The molecule has 1 aromatic rings. The molecular weight excluding hydrogens is 246 g/mol. The van der Waals surface area contributed by atoms with E-state index in [0.29, 0.717) is 4.99 Å². The molecule has 1 amide bonds. The summed E-state index contributed by atoms with van der Waals surface area (Å²) in [6.45, 7) is 2.81. The Kier molecular flexibility index (Phi) is 3.52. The van der Waals surface area contributed by atoms with E-state index in [0.717, 1.165) is 36.2 Å². The number of carbonyl (C=O) groups excluding carboxylic acids is 1. The summed E-state index contributed by atoms with van der Waals surface area (Å²) in [5.74, 6) is -0.289. The van der Waals surface area contributed by atoms with Crippen molar-refractivity contribution in [3.05, 3.63) is 29.3 Å². The van der Waals surface area contributed by atoms with Gasteiger partial charge in [-0.25, -0.2) is 0 Å². The maximum atomic E-state index is 11.5. The van der Waals surface area contributed by atoms with Crippen LogP contribution in [-0.4, -0.2) is 23.5 Å². The van der Waals surface area contributed by atoms with Crippen LogP contribution >= 0.6 is 12.2 Å². The van der Waals surface area contributed by atoms with Crippen molar-refractivity contribution in [3.63, 3.8) is 0 Å². The van der Waals surface area contributed by atoms with Gasteiger partial charge in [-0.15, -0.1) is 0 Å². The summed E-state index contributed by atoms with van der Waals surface area (Å²) >= 11 is 5.07. The molecule has 2 rings (SSSR count). The van der Waals surface area contributed by atoms with Crippen molar-refractivity contribution >= 4 is 28.8 Å². The molecule has 1 saturated heterocycles. The van der Waals surface area contributed by atoms with Crippen molar-refractivity contribution < 1.29 is 4.79 Å². The lowest BCUT2D eigenvalue weighted by atomic mass is 10.1. The molecule has 96 valence electrons. The maximum absolute atomic E-state index is 11.5. The molecule has 0 aliphatic carbocycles. The first-order chi connectivity index (χ1) is 8.50. The van der Waals surface area contributed by atoms with Gasteiger partial charge in [-0.2, -0.15) is 0 Å². The molecule has 4 nitrogen and oxygen atoms in total. The predicted octanol–water partition coefficient (Wildman–Crippen LogP) is 1.08. The molecule has 1 aromatic carbocycles. The molecular formula is C13H17N3OS. The minimum atomic E-state index is -0.289.